The Morgan fingerprint density at radius 1 is 1.22 bits per heavy atom. The van der Waals surface area contributed by atoms with Crippen LogP contribution in [0.1, 0.15) is 22.5 Å². The summed E-state index contributed by atoms with van der Waals surface area (Å²) in [5.74, 6) is -0.104. The van der Waals surface area contributed by atoms with E-state index in [-0.39, 0.29) is 6.42 Å². The van der Waals surface area contributed by atoms with Gasteiger partial charge in [0.2, 0.25) is 0 Å². The highest BCUT2D eigenvalue weighted by Crippen LogP contribution is 2.20. The van der Waals surface area contributed by atoms with Crippen LogP contribution in [-0.4, -0.2) is 40.8 Å². The number of nitrogens with one attached hydrogen (secondary N) is 1. The lowest BCUT2D eigenvalue weighted by Gasteiger charge is -2.06. The summed E-state index contributed by atoms with van der Waals surface area (Å²) in [5.41, 5.74) is 5.88. The van der Waals surface area contributed by atoms with Gasteiger partial charge in [-0.15, -0.1) is 0 Å². The maximum Gasteiger partial charge on any atom is 0.307 e. The number of aryl methyl sites for hydroxylation is 1. The number of benzene rings is 1. The Labute approximate surface area is 154 Å². The van der Waals surface area contributed by atoms with Crippen molar-refractivity contribution in [2.75, 3.05) is 0 Å². The molecule has 0 aliphatic rings. The third-order valence-corrected chi connectivity index (χ3v) is 4.58. The standard InChI is InChI=1S/C19H18N6O2/c1-11-15(7-17(26)27)12(2)25(24-11)9-13-3-5-14(6-4-13)18-22-16-8-20-10-21-19(16)23-18/h3-6,8,10H,7,9H2,1-2H3,(H,26,27)(H,20,21,22,23). The number of imidazole rings is 1. The van der Waals surface area contributed by atoms with Crippen LogP contribution in [0.2, 0.25) is 0 Å². The molecule has 1 aromatic carbocycles. The van der Waals surface area contributed by atoms with Gasteiger partial charge in [-0.25, -0.2) is 15.0 Å². The van der Waals surface area contributed by atoms with Crippen LogP contribution in [-0.2, 0) is 17.8 Å². The summed E-state index contributed by atoms with van der Waals surface area (Å²) in [6.07, 6.45) is 3.17. The number of H-pyrrole nitrogens is 1. The molecule has 0 atom stereocenters. The molecule has 8 nitrogen and oxygen atoms in total. The second kappa shape index (κ2) is 6.64. The van der Waals surface area contributed by atoms with E-state index < -0.39 is 5.97 Å². The molecule has 0 aliphatic carbocycles. The minimum Gasteiger partial charge on any atom is -0.481 e. The molecule has 2 N–H and O–H groups in total. The number of aliphatic carboxylic acids is 1. The van der Waals surface area contributed by atoms with Crippen LogP contribution >= 0.6 is 0 Å². The molecule has 0 spiro atoms. The number of hydrogen-bond donors (Lipinski definition) is 2. The first-order valence-corrected chi connectivity index (χ1v) is 8.51. The molecule has 4 aromatic rings. The summed E-state index contributed by atoms with van der Waals surface area (Å²) in [6.45, 7) is 4.33. The molecular formula is C19H18N6O2. The molecule has 4 rings (SSSR count). The summed E-state index contributed by atoms with van der Waals surface area (Å²) < 4.78 is 1.85. The van der Waals surface area contributed by atoms with Gasteiger partial charge in [0.1, 0.15) is 17.7 Å². The van der Waals surface area contributed by atoms with Gasteiger partial charge in [0, 0.05) is 16.8 Å². The summed E-state index contributed by atoms with van der Waals surface area (Å²) in [5, 5.41) is 13.5. The average molecular weight is 362 g/mol. The molecule has 8 heteroatoms. The minimum atomic E-state index is -0.847. The number of hydrogen-bond acceptors (Lipinski definition) is 5. The summed E-state index contributed by atoms with van der Waals surface area (Å²) in [6, 6.07) is 8.01. The smallest absolute Gasteiger partial charge is 0.307 e. The fourth-order valence-electron chi connectivity index (χ4n) is 3.13. The molecule has 136 valence electrons. The van der Waals surface area contributed by atoms with Crippen molar-refractivity contribution in [1.82, 2.24) is 29.7 Å². The number of carboxylic acids is 1. The van der Waals surface area contributed by atoms with E-state index in [4.69, 9.17) is 5.11 Å². The SMILES string of the molecule is Cc1nn(Cc2ccc(-c3nc4ncncc4[nH]3)cc2)c(C)c1CC(=O)O. The fraction of sp³-hybridized carbons (Fsp3) is 0.211. The fourth-order valence-corrected chi connectivity index (χ4v) is 3.13. The van der Waals surface area contributed by atoms with E-state index in [2.05, 4.69) is 25.0 Å². The van der Waals surface area contributed by atoms with Gasteiger partial charge in [-0.1, -0.05) is 24.3 Å². The Kier molecular flexibility index (Phi) is 4.15. The van der Waals surface area contributed by atoms with Crippen LogP contribution in [0.25, 0.3) is 22.6 Å². The Morgan fingerprint density at radius 2 is 2.00 bits per heavy atom. The number of aromatic amines is 1. The maximum absolute atomic E-state index is 11.0. The first kappa shape index (κ1) is 16.9. The lowest BCUT2D eigenvalue weighted by molar-refractivity contribution is -0.136. The number of nitrogens with zero attached hydrogens (tertiary/aromatic N) is 5. The summed E-state index contributed by atoms with van der Waals surface area (Å²) >= 11 is 0. The third-order valence-electron chi connectivity index (χ3n) is 4.58. The number of carbonyl (C=O) groups is 1. The molecule has 0 saturated heterocycles. The summed E-state index contributed by atoms with van der Waals surface area (Å²) in [7, 11) is 0. The van der Waals surface area contributed by atoms with Crippen LogP contribution in [0.3, 0.4) is 0 Å². The molecule has 0 fully saturated rings. The van der Waals surface area contributed by atoms with Crippen molar-refractivity contribution < 1.29 is 9.90 Å². The van der Waals surface area contributed by atoms with Crippen molar-refractivity contribution in [2.24, 2.45) is 0 Å². The predicted octanol–water partition coefficient (Wildman–Crippen LogP) is 2.51. The zero-order valence-electron chi connectivity index (χ0n) is 15.0. The highest BCUT2D eigenvalue weighted by atomic mass is 16.4. The van der Waals surface area contributed by atoms with E-state index in [1.54, 1.807) is 6.20 Å². The molecule has 0 saturated carbocycles. The van der Waals surface area contributed by atoms with Gasteiger partial charge in [-0.3, -0.25) is 9.48 Å². The largest absolute Gasteiger partial charge is 0.481 e. The van der Waals surface area contributed by atoms with E-state index in [1.165, 1.54) is 6.33 Å². The van der Waals surface area contributed by atoms with Crippen LogP contribution < -0.4 is 0 Å². The van der Waals surface area contributed by atoms with Crippen molar-refractivity contribution in [3.63, 3.8) is 0 Å². The second-order valence-corrected chi connectivity index (χ2v) is 6.42. The molecule has 0 unspecified atom stereocenters. The molecule has 3 heterocycles. The molecule has 0 radical (unpaired) electrons. The lowest BCUT2D eigenvalue weighted by atomic mass is 10.1. The Bertz CT molecular complexity index is 1090. The van der Waals surface area contributed by atoms with E-state index in [0.29, 0.717) is 12.2 Å². The topological polar surface area (TPSA) is 110 Å². The second-order valence-electron chi connectivity index (χ2n) is 6.42. The first-order chi connectivity index (χ1) is 13.0. The monoisotopic (exact) mass is 362 g/mol. The number of fused-ring (bicyclic) bond motifs is 1. The minimum absolute atomic E-state index is 0.00838. The highest BCUT2D eigenvalue weighted by molar-refractivity contribution is 5.74. The number of aromatic nitrogens is 6. The van der Waals surface area contributed by atoms with E-state index in [0.717, 1.165) is 39.4 Å². The number of rotatable bonds is 5. The Balaban J connectivity index is 1.57. The van der Waals surface area contributed by atoms with Crippen molar-refractivity contribution in [2.45, 2.75) is 26.8 Å². The lowest BCUT2D eigenvalue weighted by Crippen LogP contribution is -2.06. The maximum atomic E-state index is 11.0. The predicted molar refractivity (Wildman–Crippen MR) is 99.3 cm³/mol. The van der Waals surface area contributed by atoms with Crippen LogP contribution in [0.15, 0.2) is 36.8 Å². The first-order valence-electron chi connectivity index (χ1n) is 8.51. The highest BCUT2D eigenvalue weighted by Gasteiger charge is 2.14. The van der Waals surface area contributed by atoms with Gasteiger partial charge in [0.15, 0.2) is 5.65 Å². The zero-order valence-corrected chi connectivity index (χ0v) is 15.0. The number of carboxylic acid groups (broad SMARTS) is 1. The van der Waals surface area contributed by atoms with E-state index >= 15 is 0 Å². The molecular weight excluding hydrogens is 344 g/mol. The van der Waals surface area contributed by atoms with Crippen molar-refractivity contribution in [3.05, 3.63) is 59.3 Å². The van der Waals surface area contributed by atoms with Crippen molar-refractivity contribution in [3.8, 4) is 11.4 Å². The quantitative estimate of drug-likeness (QED) is 0.564. The Hall–Kier alpha value is -3.55. The normalized spacial score (nSPS) is 11.2. The average Bonchev–Trinajstić information content (AvgIpc) is 3.19. The van der Waals surface area contributed by atoms with E-state index in [9.17, 15) is 4.79 Å². The zero-order chi connectivity index (χ0) is 19.0. The van der Waals surface area contributed by atoms with E-state index in [1.807, 2.05) is 42.8 Å². The van der Waals surface area contributed by atoms with Crippen molar-refractivity contribution in [1.29, 1.82) is 0 Å². The Morgan fingerprint density at radius 3 is 2.70 bits per heavy atom. The summed E-state index contributed by atoms with van der Waals surface area (Å²) in [4.78, 5) is 26.8. The molecule has 0 bridgehead atoms. The third kappa shape index (κ3) is 3.29. The van der Waals surface area contributed by atoms with Crippen molar-refractivity contribution >= 4 is 17.1 Å². The van der Waals surface area contributed by atoms with Crippen LogP contribution in [0.4, 0.5) is 0 Å². The molecule has 27 heavy (non-hydrogen) atoms. The molecule has 0 amide bonds. The van der Waals surface area contributed by atoms with Gasteiger partial charge >= 0.3 is 5.97 Å². The van der Waals surface area contributed by atoms with Crippen LogP contribution in [0, 0.1) is 13.8 Å². The van der Waals surface area contributed by atoms with Gasteiger partial charge in [0.05, 0.1) is 24.9 Å². The van der Waals surface area contributed by atoms with Gasteiger partial charge in [0.25, 0.3) is 0 Å². The van der Waals surface area contributed by atoms with Crippen LogP contribution in [0.5, 0.6) is 0 Å². The molecule has 3 aromatic heterocycles. The van der Waals surface area contributed by atoms with Gasteiger partial charge in [-0.2, -0.15) is 5.10 Å². The van der Waals surface area contributed by atoms with Gasteiger partial charge < -0.3 is 10.1 Å². The molecule has 0 aliphatic heterocycles. The van der Waals surface area contributed by atoms with Gasteiger partial charge in [-0.05, 0) is 19.4 Å².